The fourth-order valence-electron chi connectivity index (χ4n) is 1.14. The van der Waals surface area contributed by atoms with Crippen molar-refractivity contribution in [2.45, 2.75) is 0 Å². The molecule has 0 aromatic heterocycles. The molecule has 0 aliphatic heterocycles. The average molecular weight is 354 g/mol. The quantitative estimate of drug-likeness (QED) is 0.310. The third-order valence-corrected chi connectivity index (χ3v) is 7.19. The summed E-state index contributed by atoms with van der Waals surface area (Å²) >= 11 is 0. The first kappa shape index (κ1) is 23.2. The molecule has 0 fully saturated rings. The van der Waals surface area contributed by atoms with Crippen LogP contribution in [0.4, 0.5) is 0 Å². The van der Waals surface area contributed by atoms with E-state index in [1.807, 2.05) is 0 Å². The summed E-state index contributed by atoms with van der Waals surface area (Å²) in [5, 5.41) is 0. The maximum Gasteiger partial charge on any atom is 0.302 e. The molecule has 0 heterocycles. The van der Waals surface area contributed by atoms with Gasteiger partial charge in [0.25, 0.3) is 0 Å². The maximum absolute atomic E-state index is 11.6. The Kier molecular flexibility index (Phi) is 10.4. The molecular weight excluding hydrogens is 330 g/mol. The van der Waals surface area contributed by atoms with Gasteiger partial charge in [-0.15, -0.1) is 0 Å². The number of nitrogens with zero attached hydrogens (tertiary/aromatic N) is 10. The molecule has 0 saturated carbocycles. The molecule has 0 N–H and O–H groups in total. The molecule has 0 unspecified atom stereocenters. The van der Waals surface area contributed by atoms with Crippen LogP contribution in [-0.4, -0.2) is 75.1 Å². The van der Waals surface area contributed by atoms with Crippen LogP contribution in [0.25, 0.3) is 20.9 Å². The van der Waals surface area contributed by atoms with E-state index >= 15 is 0 Å². The fraction of sp³-hybridized carbons (Fsp3) is 1.00. The zero-order valence-corrected chi connectivity index (χ0v) is 16.0. The van der Waals surface area contributed by atoms with Crippen LogP contribution in [0, 0.1) is 0 Å². The monoisotopic (exact) mass is 354 g/mol. The second kappa shape index (κ2) is 9.84. The average Bonchev–Trinajstić information content (AvgIpc) is 2.38. The number of rotatable bonds is 6. The molecule has 12 nitrogen and oxygen atoms in total. The van der Waals surface area contributed by atoms with Crippen LogP contribution in [-0.2, 0) is 9.13 Å². The zero-order chi connectivity index (χ0) is 18.1. The first-order valence-corrected chi connectivity index (χ1v) is 9.07. The minimum absolute atomic E-state index is 1.41. The van der Waals surface area contributed by atoms with E-state index in [1.165, 1.54) is 18.7 Å². The summed E-state index contributed by atoms with van der Waals surface area (Å²) in [6, 6.07) is 0. The fourth-order valence-corrected chi connectivity index (χ4v) is 3.42. The molecule has 128 valence electrons. The topological polar surface area (TPSA) is 145 Å². The van der Waals surface area contributed by atoms with Crippen LogP contribution in [0.5, 0.6) is 0 Å². The predicted octanol–water partition coefficient (Wildman–Crippen LogP) is 3.06. The molecule has 0 rings (SSSR count). The van der Waals surface area contributed by atoms with Crippen molar-refractivity contribution in [3.63, 3.8) is 0 Å². The molecule has 0 aromatic carbocycles. The second-order valence-corrected chi connectivity index (χ2v) is 10.4. The van der Waals surface area contributed by atoms with E-state index in [4.69, 9.17) is 11.1 Å². The predicted molar refractivity (Wildman–Crippen MR) is 88.3 cm³/mol. The van der Waals surface area contributed by atoms with Crippen molar-refractivity contribution in [2.24, 2.45) is 9.77 Å². The van der Waals surface area contributed by atoms with Gasteiger partial charge < -0.3 is 0 Å². The largest absolute Gasteiger partial charge is 0.302 e. The molecule has 14 heteroatoms. The van der Waals surface area contributed by atoms with E-state index in [1.54, 1.807) is 56.4 Å². The molecule has 0 saturated heterocycles. The molecule has 0 atom stereocenters. The van der Waals surface area contributed by atoms with Crippen LogP contribution in [0.3, 0.4) is 0 Å². The van der Waals surface area contributed by atoms with Crippen molar-refractivity contribution in [1.29, 1.82) is 0 Å². The Balaban J connectivity index is 0. The van der Waals surface area contributed by atoms with Crippen LogP contribution in [0.2, 0.25) is 0 Å². The van der Waals surface area contributed by atoms with Gasteiger partial charge in [-0.25, -0.2) is 18.7 Å². The van der Waals surface area contributed by atoms with Gasteiger partial charge in [0.1, 0.15) is 0 Å². The highest BCUT2D eigenvalue weighted by Crippen LogP contribution is 2.51. The van der Waals surface area contributed by atoms with Crippen molar-refractivity contribution >= 4 is 15.2 Å². The number of hydrogen-bond acceptors (Lipinski definition) is 2. The summed E-state index contributed by atoms with van der Waals surface area (Å²) in [7, 11) is 6.88. The molecule has 0 amide bonds. The summed E-state index contributed by atoms with van der Waals surface area (Å²) in [5.74, 6) is 0. The Morgan fingerprint density at radius 1 is 0.636 bits per heavy atom. The highest BCUT2D eigenvalue weighted by Gasteiger charge is 2.26. The van der Waals surface area contributed by atoms with Crippen molar-refractivity contribution in [3.05, 3.63) is 20.9 Å². The summed E-state index contributed by atoms with van der Waals surface area (Å²) in [6.45, 7) is 0. The Morgan fingerprint density at radius 2 is 0.818 bits per heavy atom. The van der Waals surface area contributed by atoms with Crippen LogP contribution in [0.15, 0.2) is 9.77 Å². The highest BCUT2D eigenvalue weighted by atomic mass is 31.2. The van der Waals surface area contributed by atoms with Crippen molar-refractivity contribution in [3.8, 4) is 0 Å². The molecule has 22 heavy (non-hydrogen) atoms. The van der Waals surface area contributed by atoms with Crippen LogP contribution >= 0.6 is 15.2 Å². The van der Waals surface area contributed by atoms with Gasteiger partial charge in [-0.2, -0.15) is 0 Å². The first-order chi connectivity index (χ1) is 9.89. The lowest BCUT2D eigenvalue weighted by Gasteiger charge is -2.25. The Morgan fingerprint density at radius 3 is 0.864 bits per heavy atom. The number of azide groups is 2. The standard InChI is InChI=1S/2C4H12N5OP/c2*1-8(2)11(10,7-6-5)9(3)4/h2*1-4H3. The molecule has 0 aromatic rings. The van der Waals surface area contributed by atoms with E-state index in [2.05, 4.69) is 19.6 Å². The lowest BCUT2D eigenvalue weighted by Crippen LogP contribution is -2.18. The molecule has 0 aliphatic carbocycles. The first-order valence-electron chi connectivity index (χ1n) is 5.94. The van der Waals surface area contributed by atoms with Crippen molar-refractivity contribution in [1.82, 2.24) is 18.7 Å². The molecule has 0 radical (unpaired) electrons. The van der Waals surface area contributed by atoms with Crippen molar-refractivity contribution < 1.29 is 9.13 Å². The molecule has 0 bridgehead atoms. The van der Waals surface area contributed by atoms with Gasteiger partial charge in [0, 0.05) is 19.6 Å². The molecule has 0 spiro atoms. The van der Waals surface area contributed by atoms with Crippen molar-refractivity contribution in [2.75, 3.05) is 56.4 Å². The van der Waals surface area contributed by atoms with Gasteiger partial charge in [-0.05, 0) is 67.4 Å². The molecular formula is C8H24N10O2P2. The summed E-state index contributed by atoms with van der Waals surface area (Å²) < 4.78 is 28.9. The van der Waals surface area contributed by atoms with Gasteiger partial charge in [0.2, 0.25) is 0 Å². The minimum atomic E-state index is -2.99. The lowest BCUT2D eigenvalue weighted by molar-refractivity contribution is 0.448. The van der Waals surface area contributed by atoms with Gasteiger partial charge in [-0.3, -0.25) is 9.13 Å². The summed E-state index contributed by atoms with van der Waals surface area (Å²) in [4.78, 5) is 11.5. The third-order valence-electron chi connectivity index (χ3n) is 2.40. The highest BCUT2D eigenvalue weighted by molar-refractivity contribution is 7.57. The summed E-state index contributed by atoms with van der Waals surface area (Å²) in [6.07, 6.45) is 0. The van der Waals surface area contributed by atoms with E-state index in [-0.39, 0.29) is 0 Å². The van der Waals surface area contributed by atoms with Gasteiger partial charge in [0.05, 0.1) is 0 Å². The van der Waals surface area contributed by atoms with Gasteiger partial charge in [-0.1, -0.05) is 0 Å². The summed E-state index contributed by atoms with van der Waals surface area (Å²) in [5.41, 5.74) is 16.3. The Labute approximate surface area is 131 Å². The zero-order valence-electron chi connectivity index (χ0n) is 14.2. The maximum atomic E-state index is 11.6. The second-order valence-electron chi connectivity index (χ2n) is 4.77. The minimum Gasteiger partial charge on any atom is -0.282 e. The van der Waals surface area contributed by atoms with Crippen LogP contribution < -0.4 is 0 Å². The van der Waals surface area contributed by atoms with Gasteiger partial charge in [0.15, 0.2) is 0 Å². The lowest BCUT2D eigenvalue weighted by atomic mass is 11.3. The van der Waals surface area contributed by atoms with E-state index < -0.39 is 15.2 Å². The van der Waals surface area contributed by atoms with E-state index in [9.17, 15) is 9.13 Å². The SMILES string of the molecule is CN(C)P(=O)(N=[N+]=[N-])N(C)C.CN(C)P(=O)(N=[N+]=[N-])N(C)C. The van der Waals surface area contributed by atoms with E-state index in [0.29, 0.717) is 0 Å². The smallest absolute Gasteiger partial charge is 0.282 e. The molecule has 0 aliphatic rings. The number of hydrogen-bond donors (Lipinski definition) is 0. The Bertz CT molecular complexity index is 461. The van der Waals surface area contributed by atoms with Crippen LogP contribution in [0.1, 0.15) is 0 Å². The normalized spacial score (nSPS) is 11.8. The third kappa shape index (κ3) is 6.36. The van der Waals surface area contributed by atoms with Gasteiger partial charge >= 0.3 is 15.2 Å². The Hall–Kier alpha value is -1.08. The van der Waals surface area contributed by atoms with E-state index in [0.717, 1.165) is 0 Å².